The Kier molecular flexibility index (Phi) is 3.59. The van der Waals surface area contributed by atoms with E-state index in [0.717, 1.165) is 17.7 Å². The highest BCUT2D eigenvalue weighted by Gasteiger charge is 2.08. The summed E-state index contributed by atoms with van der Waals surface area (Å²) in [6, 6.07) is 5.60. The molecule has 0 amide bonds. The fraction of sp³-hybridized carbons (Fsp3) is 0.200. The second-order valence-electron chi connectivity index (χ2n) is 4.56. The van der Waals surface area contributed by atoms with Crippen LogP contribution in [-0.4, -0.2) is 24.7 Å². The Labute approximate surface area is 122 Å². The summed E-state index contributed by atoms with van der Waals surface area (Å²) >= 11 is 0. The number of hydrogen-bond donors (Lipinski definition) is 0. The predicted molar refractivity (Wildman–Crippen MR) is 77.9 cm³/mol. The third-order valence-corrected chi connectivity index (χ3v) is 2.96. The molecule has 0 aromatic carbocycles. The number of nitrogens with zero attached hydrogens (tertiary/aromatic N) is 5. The standard InChI is InChI=1S/C15H15N5O/c1-3-12-8-14(21-13-9-17-20(2)10-13)19-15(18-12)11-4-6-16-7-5-11/h4-10H,3H2,1-2H3. The Morgan fingerprint density at radius 2 is 2.00 bits per heavy atom. The number of aryl methyl sites for hydroxylation is 2. The molecule has 3 aromatic rings. The van der Waals surface area contributed by atoms with Crippen molar-refractivity contribution in [3.63, 3.8) is 0 Å². The first-order chi connectivity index (χ1) is 10.2. The van der Waals surface area contributed by atoms with Crippen molar-refractivity contribution in [3.8, 4) is 23.0 Å². The summed E-state index contributed by atoms with van der Waals surface area (Å²) in [7, 11) is 1.84. The first kappa shape index (κ1) is 13.2. The van der Waals surface area contributed by atoms with Crippen molar-refractivity contribution in [2.45, 2.75) is 13.3 Å². The first-order valence-electron chi connectivity index (χ1n) is 6.69. The monoisotopic (exact) mass is 281 g/mol. The smallest absolute Gasteiger partial charge is 0.223 e. The summed E-state index contributed by atoms with van der Waals surface area (Å²) in [6.07, 6.45) is 7.70. The fourth-order valence-corrected chi connectivity index (χ4v) is 1.91. The second-order valence-corrected chi connectivity index (χ2v) is 4.56. The van der Waals surface area contributed by atoms with Crippen LogP contribution in [0.3, 0.4) is 0 Å². The number of pyridine rings is 1. The van der Waals surface area contributed by atoms with Crippen molar-refractivity contribution in [2.24, 2.45) is 7.05 Å². The lowest BCUT2D eigenvalue weighted by atomic mass is 10.2. The van der Waals surface area contributed by atoms with E-state index in [0.29, 0.717) is 17.5 Å². The zero-order valence-electron chi connectivity index (χ0n) is 11.9. The van der Waals surface area contributed by atoms with Gasteiger partial charge in [-0.25, -0.2) is 4.98 Å². The van der Waals surface area contributed by atoms with E-state index in [1.165, 1.54) is 0 Å². The molecule has 0 saturated carbocycles. The zero-order valence-corrected chi connectivity index (χ0v) is 11.9. The molecule has 0 fully saturated rings. The van der Waals surface area contributed by atoms with Crippen LogP contribution in [0.15, 0.2) is 43.0 Å². The predicted octanol–water partition coefficient (Wildman–Crippen LogP) is 2.63. The van der Waals surface area contributed by atoms with Crippen molar-refractivity contribution in [1.82, 2.24) is 24.7 Å². The lowest BCUT2D eigenvalue weighted by Crippen LogP contribution is -1.97. The van der Waals surface area contributed by atoms with Gasteiger partial charge in [0, 0.05) is 36.8 Å². The topological polar surface area (TPSA) is 65.7 Å². The SMILES string of the molecule is CCc1cc(Oc2cnn(C)c2)nc(-c2ccncc2)n1. The molecule has 0 bridgehead atoms. The highest BCUT2D eigenvalue weighted by Crippen LogP contribution is 2.23. The van der Waals surface area contributed by atoms with Crippen LogP contribution in [0.25, 0.3) is 11.4 Å². The molecule has 0 saturated heterocycles. The highest BCUT2D eigenvalue weighted by atomic mass is 16.5. The molecule has 21 heavy (non-hydrogen) atoms. The Balaban J connectivity index is 1.97. The molecule has 0 radical (unpaired) electrons. The van der Waals surface area contributed by atoms with Crippen LogP contribution in [0.1, 0.15) is 12.6 Å². The summed E-state index contributed by atoms with van der Waals surface area (Å²) < 4.78 is 7.44. The van der Waals surface area contributed by atoms with Gasteiger partial charge in [-0.2, -0.15) is 10.1 Å². The van der Waals surface area contributed by atoms with Gasteiger partial charge in [0.1, 0.15) is 0 Å². The lowest BCUT2D eigenvalue weighted by Gasteiger charge is -2.07. The molecule has 3 heterocycles. The van der Waals surface area contributed by atoms with Gasteiger partial charge in [0.25, 0.3) is 0 Å². The van der Waals surface area contributed by atoms with Crippen molar-refractivity contribution in [3.05, 3.63) is 48.7 Å². The van der Waals surface area contributed by atoms with Gasteiger partial charge < -0.3 is 4.74 Å². The minimum absolute atomic E-state index is 0.515. The van der Waals surface area contributed by atoms with Crippen molar-refractivity contribution in [2.75, 3.05) is 0 Å². The van der Waals surface area contributed by atoms with E-state index in [1.54, 1.807) is 29.5 Å². The molecule has 106 valence electrons. The van der Waals surface area contributed by atoms with Crippen LogP contribution in [0.2, 0.25) is 0 Å². The highest BCUT2D eigenvalue weighted by molar-refractivity contribution is 5.54. The van der Waals surface area contributed by atoms with Crippen LogP contribution in [0.4, 0.5) is 0 Å². The first-order valence-corrected chi connectivity index (χ1v) is 6.69. The average Bonchev–Trinajstić information content (AvgIpc) is 2.93. The summed E-state index contributed by atoms with van der Waals surface area (Å²) in [5, 5.41) is 4.08. The third-order valence-electron chi connectivity index (χ3n) is 2.96. The minimum Gasteiger partial charge on any atom is -0.436 e. The van der Waals surface area contributed by atoms with Crippen molar-refractivity contribution >= 4 is 0 Å². The van der Waals surface area contributed by atoms with Gasteiger partial charge in [-0.3, -0.25) is 9.67 Å². The Morgan fingerprint density at radius 3 is 2.67 bits per heavy atom. The normalized spacial score (nSPS) is 10.6. The van der Waals surface area contributed by atoms with E-state index in [1.807, 2.05) is 32.2 Å². The van der Waals surface area contributed by atoms with E-state index in [9.17, 15) is 0 Å². The minimum atomic E-state index is 0.515. The van der Waals surface area contributed by atoms with Crippen LogP contribution < -0.4 is 4.74 Å². The van der Waals surface area contributed by atoms with Crippen LogP contribution in [0.5, 0.6) is 11.6 Å². The summed E-state index contributed by atoms with van der Waals surface area (Å²) in [5.74, 6) is 1.80. The summed E-state index contributed by atoms with van der Waals surface area (Å²) in [4.78, 5) is 13.0. The largest absolute Gasteiger partial charge is 0.436 e. The van der Waals surface area contributed by atoms with Gasteiger partial charge >= 0.3 is 0 Å². The molecular formula is C15H15N5O. The van der Waals surface area contributed by atoms with E-state index >= 15 is 0 Å². The summed E-state index contributed by atoms with van der Waals surface area (Å²) in [5.41, 5.74) is 1.84. The van der Waals surface area contributed by atoms with Crippen molar-refractivity contribution < 1.29 is 4.74 Å². The molecule has 3 aromatic heterocycles. The maximum atomic E-state index is 5.75. The van der Waals surface area contributed by atoms with Gasteiger partial charge in [-0.1, -0.05) is 6.92 Å². The molecule has 0 aliphatic carbocycles. The van der Waals surface area contributed by atoms with Gasteiger partial charge in [0.15, 0.2) is 11.6 Å². The maximum absolute atomic E-state index is 5.75. The Morgan fingerprint density at radius 1 is 1.19 bits per heavy atom. The molecule has 3 rings (SSSR count). The number of aromatic nitrogens is 5. The maximum Gasteiger partial charge on any atom is 0.223 e. The Bertz CT molecular complexity index is 739. The van der Waals surface area contributed by atoms with E-state index in [-0.39, 0.29) is 0 Å². The average molecular weight is 281 g/mol. The lowest BCUT2D eigenvalue weighted by molar-refractivity contribution is 0.460. The molecule has 0 N–H and O–H groups in total. The zero-order chi connectivity index (χ0) is 14.7. The van der Waals surface area contributed by atoms with Crippen LogP contribution in [0, 0.1) is 0 Å². The van der Waals surface area contributed by atoms with Gasteiger partial charge in [-0.05, 0) is 18.6 Å². The molecule has 6 nitrogen and oxygen atoms in total. The quantitative estimate of drug-likeness (QED) is 0.735. The molecule has 6 heteroatoms. The van der Waals surface area contributed by atoms with E-state index in [2.05, 4.69) is 20.1 Å². The molecule has 0 aliphatic rings. The van der Waals surface area contributed by atoms with Gasteiger partial charge in [-0.15, -0.1) is 0 Å². The van der Waals surface area contributed by atoms with Gasteiger partial charge in [0.2, 0.25) is 5.88 Å². The molecule has 0 unspecified atom stereocenters. The molecule has 0 aliphatic heterocycles. The fourth-order valence-electron chi connectivity index (χ4n) is 1.91. The van der Waals surface area contributed by atoms with E-state index < -0.39 is 0 Å². The number of rotatable bonds is 4. The summed E-state index contributed by atoms with van der Waals surface area (Å²) in [6.45, 7) is 2.05. The number of ether oxygens (including phenoxy) is 1. The third kappa shape index (κ3) is 3.05. The molecule has 0 spiro atoms. The van der Waals surface area contributed by atoms with Crippen molar-refractivity contribution in [1.29, 1.82) is 0 Å². The van der Waals surface area contributed by atoms with Crippen LogP contribution in [-0.2, 0) is 13.5 Å². The number of hydrogen-bond acceptors (Lipinski definition) is 5. The Hall–Kier alpha value is -2.76. The van der Waals surface area contributed by atoms with E-state index in [4.69, 9.17) is 4.74 Å². The van der Waals surface area contributed by atoms with Crippen LogP contribution >= 0.6 is 0 Å². The molecule has 0 atom stereocenters. The molecular weight excluding hydrogens is 266 g/mol. The second kappa shape index (κ2) is 5.70. The van der Waals surface area contributed by atoms with Gasteiger partial charge in [0.05, 0.1) is 12.4 Å².